The fraction of sp³-hybridized carbons (Fsp3) is 0.667. The SMILES string of the molecule is CCc1cc(C2CCC(=O)NC2=O)ccc1CC(C)C(C)CC1CCNCC1. The quantitative estimate of drug-likeness (QED) is 0.699. The van der Waals surface area contributed by atoms with Crippen molar-refractivity contribution in [3.05, 3.63) is 34.9 Å². The predicted molar refractivity (Wildman–Crippen MR) is 113 cm³/mol. The van der Waals surface area contributed by atoms with Crippen molar-refractivity contribution in [2.75, 3.05) is 13.1 Å². The maximum absolute atomic E-state index is 12.2. The highest BCUT2D eigenvalue weighted by Gasteiger charge is 2.28. The van der Waals surface area contributed by atoms with Crippen molar-refractivity contribution >= 4 is 11.8 Å². The molecule has 4 nitrogen and oxygen atoms in total. The Bertz CT molecular complexity index is 694. The molecule has 1 aromatic carbocycles. The lowest BCUT2D eigenvalue weighted by Crippen LogP contribution is -2.39. The number of hydrogen-bond acceptors (Lipinski definition) is 3. The van der Waals surface area contributed by atoms with Crippen LogP contribution >= 0.6 is 0 Å². The van der Waals surface area contributed by atoms with Gasteiger partial charge in [0.15, 0.2) is 0 Å². The minimum Gasteiger partial charge on any atom is -0.317 e. The maximum atomic E-state index is 12.2. The molecule has 2 fully saturated rings. The summed E-state index contributed by atoms with van der Waals surface area (Å²) in [5.41, 5.74) is 3.83. The van der Waals surface area contributed by atoms with E-state index in [4.69, 9.17) is 0 Å². The number of amides is 2. The van der Waals surface area contributed by atoms with Gasteiger partial charge >= 0.3 is 0 Å². The van der Waals surface area contributed by atoms with Crippen molar-refractivity contribution in [3.63, 3.8) is 0 Å². The molecule has 0 radical (unpaired) electrons. The highest BCUT2D eigenvalue weighted by molar-refractivity contribution is 6.00. The summed E-state index contributed by atoms with van der Waals surface area (Å²) >= 11 is 0. The first-order valence-corrected chi connectivity index (χ1v) is 11.1. The topological polar surface area (TPSA) is 58.2 Å². The van der Waals surface area contributed by atoms with E-state index in [0.29, 0.717) is 18.8 Å². The molecule has 2 heterocycles. The first kappa shape index (κ1) is 21.0. The van der Waals surface area contributed by atoms with Crippen LogP contribution in [-0.4, -0.2) is 24.9 Å². The van der Waals surface area contributed by atoms with Gasteiger partial charge in [0.05, 0.1) is 5.92 Å². The second kappa shape index (κ2) is 9.69. The van der Waals surface area contributed by atoms with Crippen LogP contribution in [0.4, 0.5) is 0 Å². The molecule has 0 aromatic heterocycles. The molecule has 0 bridgehead atoms. The summed E-state index contributed by atoms with van der Waals surface area (Å²) in [7, 11) is 0. The van der Waals surface area contributed by atoms with Crippen LogP contribution in [0.3, 0.4) is 0 Å². The average molecular weight is 385 g/mol. The molecule has 1 aromatic rings. The van der Waals surface area contributed by atoms with E-state index in [9.17, 15) is 9.59 Å². The third-order valence-electron chi connectivity index (χ3n) is 6.93. The summed E-state index contributed by atoms with van der Waals surface area (Å²) in [4.78, 5) is 23.6. The number of hydrogen-bond donors (Lipinski definition) is 2. The van der Waals surface area contributed by atoms with E-state index < -0.39 is 0 Å². The van der Waals surface area contributed by atoms with E-state index >= 15 is 0 Å². The minimum atomic E-state index is -0.187. The monoisotopic (exact) mass is 384 g/mol. The van der Waals surface area contributed by atoms with Gasteiger partial charge in [-0.25, -0.2) is 0 Å². The van der Waals surface area contributed by atoms with Crippen molar-refractivity contribution in [2.45, 2.75) is 71.6 Å². The van der Waals surface area contributed by atoms with Crippen molar-refractivity contribution in [2.24, 2.45) is 17.8 Å². The van der Waals surface area contributed by atoms with E-state index in [1.165, 1.54) is 43.5 Å². The molecule has 28 heavy (non-hydrogen) atoms. The van der Waals surface area contributed by atoms with E-state index in [1.54, 1.807) is 0 Å². The maximum Gasteiger partial charge on any atom is 0.234 e. The number of rotatable bonds is 7. The molecule has 3 atom stereocenters. The van der Waals surface area contributed by atoms with Crippen molar-refractivity contribution in [3.8, 4) is 0 Å². The zero-order valence-electron chi connectivity index (χ0n) is 17.7. The summed E-state index contributed by atoms with van der Waals surface area (Å²) in [5, 5.41) is 5.95. The van der Waals surface area contributed by atoms with Gasteiger partial charge in [-0.3, -0.25) is 14.9 Å². The van der Waals surface area contributed by atoms with Crippen molar-refractivity contribution < 1.29 is 9.59 Å². The Morgan fingerprint density at radius 3 is 2.46 bits per heavy atom. The molecule has 3 rings (SSSR count). The molecule has 0 aliphatic carbocycles. The lowest BCUT2D eigenvalue weighted by molar-refractivity contribution is -0.134. The fourth-order valence-electron chi connectivity index (χ4n) is 4.83. The van der Waals surface area contributed by atoms with Crippen molar-refractivity contribution in [1.29, 1.82) is 0 Å². The first-order chi connectivity index (χ1) is 13.5. The summed E-state index contributed by atoms with van der Waals surface area (Å²) in [5.74, 6) is 1.77. The summed E-state index contributed by atoms with van der Waals surface area (Å²) in [6, 6.07) is 6.55. The van der Waals surface area contributed by atoms with Crippen LogP contribution in [0.2, 0.25) is 0 Å². The van der Waals surface area contributed by atoms with Crippen molar-refractivity contribution in [1.82, 2.24) is 10.6 Å². The zero-order valence-corrected chi connectivity index (χ0v) is 17.7. The molecule has 0 saturated carbocycles. The van der Waals surface area contributed by atoms with Gasteiger partial charge in [-0.05, 0) is 86.1 Å². The Morgan fingerprint density at radius 1 is 1.04 bits per heavy atom. The minimum absolute atomic E-state index is 0.144. The zero-order chi connectivity index (χ0) is 20.1. The number of piperidine rings is 2. The molecule has 2 saturated heterocycles. The van der Waals surface area contributed by atoms with Gasteiger partial charge in [-0.1, -0.05) is 39.0 Å². The van der Waals surface area contributed by atoms with Crippen LogP contribution in [0.5, 0.6) is 0 Å². The number of carbonyl (C=O) groups excluding carboxylic acids is 2. The molecule has 2 amide bonds. The predicted octanol–water partition coefficient (Wildman–Crippen LogP) is 3.97. The standard InChI is InChI=1S/C24H36N2O2/c1-4-19-15-21(22-7-8-23(27)26-24(22)28)6-5-20(19)14-17(3)16(2)13-18-9-11-25-12-10-18/h5-6,15-18,22,25H,4,7-14H2,1-3H3,(H,26,27,28). The molecular formula is C24H36N2O2. The van der Waals surface area contributed by atoms with Gasteiger partial charge in [0.1, 0.15) is 0 Å². The van der Waals surface area contributed by atoms with E-state index in [2.05, 4.69) is 49.6 Å². The largest absolute Gasteiger partial charge is 0.317 e. The molecular weight excluding hydrogens is 348 g/mol. The third-order valence-corrected chi connectivity index (χ3v) is 6.93. The normalized spacial score (nSPS) is 23.3. The van der Waals surface area contributed by atoms with Gasteiger partial charge in [-0.2, -0.15) is 0 Å². The summed E-state index contributed by atoms with van der Waals surface area (Å²) < 4.78 is 0. The molecule has 4 heteroatoms. The Labute approximate surface area is 169 Å². The van der Waals surface area contributed by atoms with Gasteiger partial charge in [-0.15, -0.1) is 0 Å². The Morgan fingerprint density at radius 2 is 1.79 bits per heavy atom. The van der Waals surface area contributed by atoms with Gasteiger partial charge < -0.3 is 5.32 Å². The highest BCUT2D eigenvalue weighted by Crippen LogP contribution is 2.31. The van der Waals surface area contributed by atoms with E-state index in [1.807, 2.05) is 0 Å². The van der Waals surface area contributed by atoms with Gasteiger partial charge in [0, 0.05) is 6.42 Å². The van der Waals surface area contributed by atoms with E-state index in [-0.39, 0.29) is 17.7 Å². The Kier molecular flexibility index (Phi) is 7.28. The third kappa shape index (κ3) is 5.22. The first-order valence-electron chi connectivity index (χ1n) is 11.1. The van der Waals surface area contributed by atoms with Crippen LogP contribution in [0, 0.1) is 17.8 Å². The van der Waals surface area contributed by atoms with Crippen LogP contribution in [-0.2, 0) is 22.4 Å². The molecule has 0 spiro atoms. The molecule has 2 aliphatic rings. The average Bonchev–Trinajstić information content (AvgIpc) is 2.69. The Hall–Kier alpha value is -1.68. The van der Waals surface area contributed by atoms with E-state index in [0.717, 1.165) is 30.2 Å². The molecule has 2 aliphatic heterocycles. The Balaban J connectivity index is 1.64. The lowest BCUT2D eigenvalue weighted by Gasteiger charge is -2.29. The molecule has 3 unspecified atom stereocenters. The number of imide groups is 1. The summed E-state index contributed by atoms with van der Waals surface area (Å²) in [6.07, 6.45) is 7.10. The highest BCUT2D eigenvalue weighted by atomic mass is 16.2. The second-order valence-corrected chi connectivity index (χ2v) is 8.97. The number of nitrogens with one attached hydrogen (secondary N) is 2. The number of carbonyl (C=O) groups is 2. The number of aryl methyl sites for hydroxylation is 1. The smallest absolute Gasteiger partial charge is 0.234 e. The van der Waals surface area contributed by atoms with Crippen LogP contribution in [0.25, 0.3) is 0 Å². The lowest BCUT2D eigenvalue weighted by atomic mass is 9.79. The van der Waals surface area contributed by atoms with Crippen LogP contribution < -0.4 is 10.6 Å². The summed E-state index contributed by atoms with van der Waals surface area (Å²) in [6.45, 7) is 9.34. The van der Waals surface area contributed by atoms with Crippen LogP contribution in [0.15, 0.2) is 18.2 Å². The number of benzene rings is 1. The fourth-order valence-corrected chi connectivity index (χ4v) is 4.83. The van der Waals surface area contributed by atoms with Crippen LogP contribution in [0.1, 0.15) is 75.5 Å². The molecule has 2 N–H and O–H groups in total. The van der Waals surface area contributed by atoms with Gasteiger partial charge in [0.2, 0.25) is 11.8 Å². The second-order valence-electron chi connectivity index (χ2n) is 8.97. The molecule has 154 valence electrons. The van der Waals surface area contributed by atoms with Gasteiger partial charge in [0.25, 0.3) is 0 Å².